The fourth-order valence-electron chi connectivity index (χ4n) is 2.69. The molecule has 1 heterocycles. The van der Waals surface area contributed by atoms with Crippen molar-refractivity contribution < 1.29 is 9.32 Å². The number of aryl methyl sites for hydroxylation is 1. The summed E-state index contributed by atoms with van der Waals surface area (Å²) in [5.41, 5.74) is 7.82. The minimum atomic E-state index is -0.0930. The minimum Gasteiger partial charge on any atom is -0.345 e. The highest BCUT2D eigenvalue weighted by molar-refractivity contribution is 5.85. The van der Waals surface area contributed by atoms with Gasteiger partial charge in [0.2, 0.25) is 17.6 Å². The van der Waals surface area contributed by atoms with E-state index in [2.05, 4.69) is 36.1 Å². The number of carbonyl (C=O) groups excluding carboxylic acids is 1. The zero-order chi connectivity index (χ0) is 19.3. The Bertz CT molecular complexity index is 726. The van der Waals surface area contributed by atoms with Gasteiger partial charge < -0.3 is 15.2 Å². The van der Waals surface area contributed by atoms with Gasteiger partial charge in [-0.3, -0.25) is 4.79 Å². The van der Waals surface area contributed by atoms with Gasteiger partial charge in [-0.1, -0.05) is 57.1 Å². The number of nitrogens with zero attached hydrogens (tertiary/aromatic N) is 3. The lowest BCUT2D eigenvalue weighted by atomic mass is 9.93. The van der Waals surface area contributed by atoms with E-state index in [1.165, 1.54) is 5.56 Å². The number of nitrogens with two attached hydrogens (primary N) is 1. The van der Waals surface area contributed by atoms with Gasteiger partial charge in [-0.2, -0.15) is 4.98 Å². The van der Waals surface area contributed by atoms with E-state index in [-0.39, 0.29) is 23.7 Å². The van der Waals surface area contributed by atoms with Gasteiger partial charge in [-0.25, -0.2) is 0 Å². The lowest BCUT2D eigenvalue weighted by molar-refractivity contribution is -0.131. The van der Waals surface area contributed by atoms with Crippen LogP contribution in [0.3, 0.4) is 0 Å². The number of rotatable bonds is 8. The third-order valence-electron chi connectivity index (χ3n) is 4.50. The monoisotopic (exact) mass is 394 g/mol. The van der Waals surface area contributed by atoms with Crippen molar-refractivity contribution in [1.82, 2.24) is 15.0 Å². The zero-order valence-electron chi connectivity index (χ0n) is 16.9. The molecule has 0 aliphatic carbocycles. The number of aromatic nitrogens is 2. The van der Waals surface area contributed by atoms with E-state index in [0.717, 1.165) is 5.56 Å². The van der Waals surface area contributed by atoms with Crippen LogP contribution in [-0.2, 0) is 11.2 Å². The van der Waals surface area contributed by atoms with Gasteiger partial charge in [0.1, 0.15) is 0 Å². The molecule has 0 saturated heterocycles. The Morgan fingerprint density at radius 2 is 1.89 bits per heavy atom. The van der Waals surface area contributed by atoms with Crippen molar-refractivity contribution in [3.8, 4) is 11.4 Å². The van der Waals surface area contributed by atoms with E-state index in [1.807, 2.05) is 26.0 Å². The van der Waals surface area contributed by atoms with Gasteiger partial charge in [0.05, 0.1) is 0 Å². The SMILES string of the molecule is CC(C)c1ccc(-c2noc(CCC(=O)N(C)CC(C)(C)CN)n2)cc1.Cl. The lowest BCUT2D eigenvalue weighted by Crippen LogP contribution is -2.39. The average Bonchev–Trinajstić information content (AvgIpc) is 3.08. The molecule has 2 aromatic rings. The molecule has 2 rings (SSSR count). The highest BCUT2D eigenvalue weighted by Gasteiger charge is 2.21. The highest BCUT2D eigenvalue weighted by Crippen LogP contribution is 2.21. The number of halogens is 1. The summed E-state index contributed by atoms with van der Waals surface area (Å²) in [6.07, 6.45) is 0.772. The topological polar surface area (TPSA) is 85.2 Å². The van der Waals surface area contributed by atoms with Crippen LogP contribution < -0.4 is 5.73 Å². The maximum atomic E-state index is 12.3. The molecule has 0 atom stereocenters. The smallest absolute Gasteiger partial charge is 0.227 e. The Hall–Kier alpha value is -1.92. The molecular formula is C20H31ClN4O2. The van der Waals surface area contributed by atoms with Crippen LogP contribution in [0.25, 0.3) is 11.4 Å². The van der Waals surface area contributed by atoms with Crippen LogP contribution in [0, 0.1) is 5.41 Å². The molecule has 1 aromatic carbocycles. The number of benzene rings is 1. The third kappa shape index (κ3) is 6.63. The van der Waals surface area contributed by atoms with E-state index in [0.29, 0.717) is 43.6 Å². The van der Waals surface area contributed by atoms with Crippen molar-refractivity contribution in [3.63, 3.8) is 0 Å². The first kappa shape index (κ1) is 23.1. The van der Waals surface area contributed by atoms with Crippen LogP contribution in [0.15, 0.2) is 28.8 Å². The summed E-state index contributed by atoms with van der Waals surface area (Å²) in [7, 11) is 1.80. The Labute approximate surface area is 167 Å². The average molecular weight is 395 g/mol. The molecule has 6 nitrogen and oxygen atoms in total. The van der Waals surface area contributed by atoms with Crippen LogP contribution in [0.5, 0.6) is 0 Å². The van der Waals surface area contributed by atoms with E-state index in [1.54, 1.807) is 11.9 Å². The highest BCUT2D eigenvalue weighted by atomic mass is 35.5. The largest absolute Gasteiger partial charge is 0.345 e. The molecular weight excluding hydrogens is 364 g/mol. The molecule has 0 aliphatic heterocycles. The van der Waals surface area contributed by atoms with Crippen molar-refractivity contribution in [1.29, 1.82) is 0 Å². The molecule has 0 radical (unpaired) electrons. The van der Waals surface area contributed by atoms with Gasteiger partial charge in [-0.15, -0.1) is 12.4 Å². The predicted molar refractivity (Wildman–Crippen MR) is 110 cm³/mol. The summed E-state index contributed by atoms with van der Waals surface area (Å²) in [4.78, 5) is 18.4. The third-order valence-corrected chi connectivity index (χ3v) is 4.50. The summed E-state index contributed by atoms with van der Waals surface area (Å²) < 4.78 is 5.30. The first-order valence-corrected chi connectivity index (χ1v) is 9.09. The molecule has 150 valence electrons. The van der Waals surface area contributed by atoms with Gasteiger partial charge in [0.25, 0.3) is 0 Å². The molecule has 2 N–H and O–H groups in total. The van der Waals surface area contributed by atoms with Gasteiger partial charge in [-0.05, 0) is 23.4 Å². The number of hydrogen-bond acceptors (Lipinski definition) is 5. The summed E-state index contributed by atoms with van der Waals surface area (Å²) in [6.45, 7) is 9.57. The predicted octanol–water partition coefficient (Wildman–Crippen LogP) is 3.66. The second-order valence-corrected chi connectivity index (χ2v) is 7.91. The van der Waals surface area contributed by atoms with Crippen LogP contribution in [0.1, 0.15) is 51.5 Å². The lowest BCUT2D eigenvalue weighted by Gasteiger charge is -2.29. The van der Waals surface area contributed by atoms with E-state index in [4.69, 9.17) is 10.3 Å². The molecule has 27 heavy (non-hydrogen) atoms. The number of carbonyl (C=O) groups is 1. The van der Waals surface area contributed by atoms with E-state index < -0.39 is 0 Å². The summed E-state index contributed by atoms with van der Waals surface area (Å²) >= 11 is 0. The maximum absolute atomic E-state index is 12.3. The minimum absolute atomic E-state index is 0. The maximum Gasteiger partial charge on any atom is 0.227 e. The fraction of sp³-hybridized carbons (Fsp3) is 0.550. The zero-order valence-corrected chi connectivity index (χ0v) is 17.7. The first-order valence-electron chi connectivity index (χ1n) is 9.09. The van der Waals surface area contributed by atoms with Crippen molar-refractivity contribution in [3.05, 3.63) is 35.7 Å². The molecule has 0 fully saturated rings. The number of hydrogen-bond donors (Lipinski definition) is 1. The molecule has 7 heteroatoms. The Kier molecular flexibility index (Phi) is 8.44. The molecule has 1 amide bonds. The molecule has 0 saturated carbocycles. The van der Waals surface area contributed by atoms with Crippen LogP contribution >= 0.6 is 12.4 Å². The second-order valence-electron chi connectivity index (χ2n) is 7.91. The van der Waals surface area contributed by atoms with Gasteiger partial charge in [0, 0.05) is 32.0 Å². The Morgan fingerprint density at radius 3 is 2.44 bits per heavy atom. The fourth-order valence-corrected chi connectivity index (χ4v) is 2.69. The van der Waals surface area contributed by atoms with Crippen LogP contribution in [0.2, 0.25) is 0 Å². The Balaban J connectivity index is 0.00000364. The van der Waals surface area contributed by atoms with Gasteiger partial charge >= 0.3 is 0 Å². The number of amides is 1. The molecule has 0 bridgehead atoms. The summed E-state index contributed by atoms with van der Waals surface area (Å²) in [5, 5.41) is 4.03. The van der Waals surface area contributed by atoms with Gasteiger partial charge in [0.15, 0.2) is 0 Å². The summed E-state index contributed by atoms with van der Waals surface area (Å²) in [6, 6.07) is 8.15. The van der Waals surface area contributed by atoms with Crippen LogP contribution in [-0.4, -0.2) is 41.1 Å². The Morgan fingerprint density at radius 1 is 1.26 bits per heavy atom. The van der Waals surface area contributed by atoms with Crippen LogP contribution in [0.4, 0.5) is 0 Å². The molecule has 0 aliphatic rings. The second kappa shape index (κ2) is 9.85. The van der Waals surface area contributed by atoms with Crippen molar-refractivity contribution in [2.75, 3.05) is 20.1 Å². The van der Waals surface area contributed by atoms with E-state index >= 15 is 0 Å². The normalized spacial score (nSPS) is 11.4. The van der Waals surface area contributed by atoms with Crippen molar-refractivity contribution in [2.24, 2.45) is 11.1 Å². The quantitative estimate of drug-likeness (QED) is 0.738. The van der Waals surface area contributed by atoms with Crippen molar-refractivity contribution in [2.45, 2.75) is 46.5 Å². The molecule has 0 unspecified atom stereocenters. The first-order chi connectivity index (χ1) is 12.2. The summed E-state index contributed by atoms with van der Waals surface area (Å²) in [5.74, 6) is 1.57. The molecule has 1 aromatic heterocycles. The van der Waals surface area contributed by atoms with Crippen molar-refractivity contribution >= 4 is 18.3 Å². The standard InChI is InChI=1S/C20H30N4O2.ClH/c1-14(2)15-6-8-16(9-7-15)19-22-17(26-23-19)10-11-18(25)24(5)13-20(3,4)12-21;/h6-9,14H,10-13,21H2,1-5H3;1H. The van der Waals surface area contributed by atoms with E-state index in [9.17, 15) is 4.79 Å². The molecule has 0 spiro atoms.